The summed E-state index contributed by atoms with van der Waals surface area (Å²) in [5, 5.41) is 9.71. The Bertz CT molecular complexity index is 517. The van der Waals surface area contributed by atoms with E-state index < -0.39 is 18.1 Å². The van der Waals surface area contributed by atoms with Crippen LogP contribution in [0.5, 0.6) is 0 Å². The first-order valence-corrected chi connectivity index (χ1v) is 6.58. The van der Waals surface area contributed by atoms with Crippen LogP contribution in [0.25, 0.3) is 0 Å². The molecule has 0 saturated carbocycles. The number of nitrogens with zero attached hydrogens (tertiary/aromatic N) is 2. The molecule has 7 nitrogen and oxygen atoms in total. The molecule has 0 aliphatic carbocycles. The van der Waals surface area contributed by atoms with Gasteiger partial charge in [0.1, 0.15) is 6.04 Å². The molecule has 1 saturated heterocycles. The summed E-state index contributed by atoms with van der Waals surface area (Å²) in [5.41, 5.74) is 1.07. The number of aliphatic hydroxyl groups is 1. The van der Waals surface area contributed by atoms with Gasteiger partial charge in [0.05, 0.1) is 31.6 Å². The molecule has 2 atom stereocenters. The highest BCUT2D eigenvalue weighted by atomic mass is 16.5. The molecule has 1 fully saturated rings. The molecule has 114 valence electrons. The van der Waals surface area contributed by atoms with E-state index in [0.29, 0.717) is 30.8 Å². The van der Waals surface area contributed by atoms with Gasteiger partial charge in [-0.05, 0) is 12.1 Å². The smallest absolute Gasteiger partial charge is 0.339 e. The standard InChI is InChI=1S/C14H18N2O5/c1-20-13(18)9-3-4-10(15-6-9)7-16-8-11(17)5-12(16)14(19)21-2/h3-4,6,11-12,17H,5,7-8H2,1-2H3. The first-order valence-electron chi connectivity index (χ1n) is 6.58. The molecule has 2 unspecified atom stereocenters. The van der Waals surface area contributed by atoms with Crippen molar-refractivity contribution in [1.29, 1.82) is 0 Å². The number of hydrogen-bond donors (Lipinski definition) is 1. The SMILES string of the molecule is COC(=O)c1ccc(CN2CC(O)CC2C(=O)OC)nc1. The predicted octanol–water partition coefficient (Wildman–Crippen LogP) is -0.0236. The van der Waals surface area contributed by atoms with E-state index in [1.165, 1.54) is 20.4 Å². The molecular formula is C14H18N2O5. The number of β-amino-alcohol motifs (C(OH)–C–C–N with tert-alkyl or cyclic N) is 1. The molecule has 1 aromatic rings. The molecule has 1 aliphatic rings. The molecular weight excluding hydrogens is 276 g/mol. The van der Waals surface area contributed by atoms with Crippen LogP contribution in [0.15, 0.2) is 18.3 Å². The second-order valence-electron chi connectivity index (χ2n) is 4.89. The van der Waals surface area contributed by atoms with Crippen LogP contribution in [0.3, 0.4) is 0 Å². The second kappa shape index (κ2) is 6.64. The van der Waals surface area contributed by atoms with E-state index in [4.69, 9.17) is 4.74 Å². The highest BCUT2D eigenvalue weighted by Gasteiger charge is 2.36. The lowest BCUT2D eigenvalue weighted by atomic mass is 10.2. The number of hydrogen-bond acceptors (Lipinski definition) is 7. The summed E-state index contributed by atoms with van der Waals surface area (Å²) in [7, 11) is 2.64. The van der Waals surface area contributed by atoms with Crippen molar-refractivity contribution < 1.29 is 24.2 Å². The number of aromatic nitrogens is 1. The quantitative estimate of drug-likeness (QED) is 0.780. The van der Waals surface area contributed by atoms with E-state index >= 15 is 0 Å². The molecule has 1 aromatic heterocycles. The fourth-order valence-electron chi connectivity index (χ4n) is 2.40. The van der Waals surface area contributed by atoms with Gasteiger partial charge in [0.2, 0.25) is 0 Å². The van der Waals surface area contributed by atoms with Crippen LogP contribution < -0.4 is 0 Å². The lowest BCUT2D eigenvalue weighted by Crippen LogP contribution is -2.36. The molecule has 1 aliphatic heterocycles. The highest BCUT2D eigenvalue weighted by Crippen LogP contribution is 2.21. The summed E-state index contributed by atoms with van der Waals surface area (Å²) in [4.78, 5) is 29.0. The van der Waals surface area contributed by atoms with E-state index in [0.717, 1.165) is 0 Å². The fraction of sp³-hybridized carbons (Fsp3) is 0.500. The summed E-state index contributed by atoms with van der Waals surface area (Å²) in [6, 6.07) is 2.85. The van der Waals surface area contributed by atoms with Crippen molar-refractivity contribution in [3.05, 3.63) is 29.6 Å². The third kappa shape index (κ3) is 3.56. The molecule has 2 heterocycles. The zero-order valence-corrected chi connectivity index (χ0v) is 12.0. The summed E-state index contributed by atoms with van der Waals surface area (Å²) in [6.45, 7) is 0.790. The number of methoxy groups -OCH3 is 2. The summed E-state index contributed by atoms with van der Waals surface area (Å²) in [5.74, 6) is -0.809. The van der Waals surface area contributed by atoms with Crippen LogP contribution in [0.4, 0.5) is 0 Å². The third-order valence-electron chi connectivity index (χ3n) is 3.47. The van der Waals surface area contributed by atoms with E-state index in [-0.39, 0.29) is 5.97 Å². The number of rotatable bonds is 4. The Kier molecular flexibility index (Phi) is 4.87. The maximum atomic E-state index is 11.7. The Morgan fingerprint density at radius 2 is 2.14 bits per heavy atom. The maximum absolute atomic E-state index is 11.7. The maximum Gasteiger partial charge on any atom is 0.339 e. The minimum absolute atomic E-state index is 0.354. The number of pyridine rings is 1. The third-order valence-corrected chi connectivity index (χ3v) is 3.47. The molecule has 1 N–H and O–H groups in total. The van der Waals surface area contributed by atoms with Crippen molar-refractivity contribution in [2.75, 3.05) is 20.8 Å². The Morgan fingerprint density at radius 1 is 1.38 bits per heavy atom. The van der Waals surface area contributed by atoms with Crippen LogP contribution in [-0.2, 0) is 20.8 Å². The van der Waals surface area contributed by atoms with Gasteiger partial charge in [-0.3, -0.25) is 14.7 Å². The van der Waals surface area contributed by atoms with Crippen molar-refractivity contribution in [3.8, 4) is 0 Å². The molecule has 0 spiro atoms. The lowest BCUT2D eigenvalue weighted by molar-refractivity contribution is -0.146. The van der Waals surface area contributed by atoms with E-state index in [1.54, 1.807) is 12.1 Å². The molecule has 7 heteroatoms. The van der Waals surface area contributed by atoms with Crippen molar-refractivity contribution >= 4 is 11.9 Å². The number of likely N-dealkylation sites (tertiary alicyclic amines) is 1. The summed E-state index contributed by atoms with van der Waals surface area (Å²) in [6.07, 6.45) is 1.23. The van der Waals surface area contributed by atoms with Gasteiger partial charge in [0, 0.05) is 25.7 Å². The summed E-state index contributed by atoms with van der Waals surface area (Å²) < 4.78 is 9.35. The minimum Gasteiger partial charge on any atom is -0.468 e. The monoisotopic (exact) mass is 294 g/mol. The number of ether oxygens (including phenoxy) is 2. The fourth-order valence-corrected chi connectivity index (χ4v) is 2.40. The van der Waals surface area contributed by atoms with Gasteiger partial charge in [-0.25, -0.2) is 4.79 Å². The predicted molar refractivity (Wildman–Crippen MR) is 72.4 cm³/mol. The van der Waals surface area contributed by atoms with E-state index in [2.05, 4.69) is 9.72 Å². The van der Waals surface area contributed by atoms with Gasteiger partial charge in [0.25, 0.3) is 0 Å². The van der Waals surface area contributed by atoms with Crippen molar-refractivity contribution in [2.24, 2.45) is 0 Å². The molecule has 0 bridgehead atoms. The molecule has 0 radical (unpaired) electrons. The van der Waals surface area contributed by atoms with Gasteiger partial charge in [-0.1, -0.05) is 0 Å². The zero-order chi connectivity index (χ0) is 15.4. The van der Waals surface area contributed by atoms with E-state index in [1.807, 2.05) is 4.90 Å². The number of carbonyl (C=O) groups excluding carboxylic acids is 2. The van der Waals surface area contributed by atoms with Gasteiger partial charge in [0.15, 0.2) is 0 Å². The average molecular weight is 294 g/mol. The first kappa shape index (κ1) is 15.4. The first-order chi connectivity index (χ1) is 10.0. The minimum atomic E-state index is -0.552. The number of aliphatic hydroxyl groups excluding tert-OH is 1. The van der Waals surface area contributed by atoms with Crippen LogP contribution in [0.1, 0.15) is 22.5 Å². The highest BCUT2D eigenvalue weighted by molar-refractivity contribution is 5.88. The van der Waals surface area contributed by atoms with Crippen molar-refractivity contribution in [2.45, 2.75) is 25.1 Å². The Morgan fingerprint density at radius 3 is 2.71 bits per heavy atom. The number of esters is 2. The van der Waals surface area contributed by atoms with Gasteiger partial charge in [-0.2, -0.15) is 0 Å². The van der Waals surface area contributed by atoms with Crippen molar-refractivity contribution in [1.82, 2.24) is 9.88 Å². The summed E-state index contributed by atoms with van der Waals surface area (Å²) >= 11 is 0. The van der Waals surface area contributed by atoms with E-state index in [9.17, 15) is 14.7 Å². The zero-order valence-electron chi connectivity index (χ0n) is 12.0. The van der Waals surface area contributed by atoms with Gasteiger partial charge >= 0.3 is 11.9 Å². The van der Waals surface area contributed by atoms with Gasteiger partial charge in [-0.15, -0.1) is 0 Å². The van der Waals surface area contributed by atoms with Crippen LogP contribution >= 0.6 is 0 Å². The molecule has 0 aromatic carbocycles. The molecule has 2 rings (SSSR count). The van der Waals surface area contributed by atoms with Crippen LogP contribution in [0, 0.1) is 0 Å². The van der Waals surface area contributed by atoms with Crippen molar-refractivity contribution in [3.63, 3.8) is 0 Å². The number of carbonyl (C=O) groups is 2. The largest absolute Gasteiger partial charge is 0.468 e. The lowest BCUT2D eigenvalue weighted by Gasteiger charge is -2.21. The second-order valence-corrected chi connectivity index (χ2v) is 4.89. The Balaban J connectivity index is 2.06. The molecule has 0 amide bonds. The topological polar surface area (TPSA) is 89.0 Å². The van der Waals surface area contributed by atoms with Crippen LogP contribution in [0.2, 0.25) is 0 Å². The normalized spacial score (nSPS) is 22.0. The van der Waals surface area contributed by atoms with Gasteiger partial charge < -0.3 is 14.6 Å². The van der Waals surface area contributed by atoms with Crippen LogP contribution in [-0.4, -0.2) is 59.8 Å². The Labute approximate surface area is 122 Å². The Hall–Kier alpha value is -1.99. The molecule has 21 heavy (non-hydrogen) atoms. The average Bonchev–Trinajstić information content (AvgIpc) is 2.87.